The molecule has 5 nitrogen and oxygen atoms in total. The topological polar surface area (TPSA) is 62.8 Å². The molecule has 2 heterocycles. The maximum atomic E-state index is 10.7. The van der Waals surface area contributed by atoms with Crippen molar-refractivity contribution in [2.45, 2.75) is 26.3 Å². The minimum absolute atomic E-state index is 0.0499. The van der Waals surface area contributed by atoms with Gasteiger partial charge in [0.2, 0.25) is 0 Å². The highest BCUT2D eigenvalue weighted by Gasteiger charge is 2.24. The van der Waals surface area contributed by atoms with Crippen LogP contribution in [0.15, 0.2) is 70.6 Å². The number of hydrogen-bond donors (Lipinski definition) is 1. The van der Waals surface area contributed by atoms with Gasteiger partial charge in [-0.05, 0) is 44.2 Å². The minimum Gasteiger partial charge on any atom is -0.506 e. The Hall–Kier alpha value is -3.15. The van der Waals surface area contributed by atoms with Crippen molar-refractivity contribution >= 4 is 56.9 Å². The Labute approximate surface area is 195 Å². The van der Waals surface area contributed by atoms with Crippen LogP contribution in [0.25, 0.3) is 10.9 Å². The number of hydrogen-bond acceptors (Lipinski definition) is 4. The van der Waals surface area contributed by atoms with E-state index < -0.39 is 0 Å². The van der Waals surface area contributed by atoms with Crippen LogP contribution in [0.1, 0.15) is 37.6 Å². The first kappa shape index (κ1) is 20.7. The van der Waals surface area contributed by atoms with Gasteiger partial charge in [-0.25, -0.2) is 4.99 Å². The number of aromatic nitrogens is 2. The smallest absolute Gasteiger partial charge is 0.143 e. The van der Waals surface area contributed by atoms with Gasteiger partial charge in [-0.15, -0.1) is 0 Å². The Morgan fingerprint density at radius 3 is 2.28 bits per heavy atom. The first-order valence-corrected chi connectivity index (χ1v) is 11.1. The van der Waals surface area contributed by atoms with Crippen LogP contribution in [-0.4, -0.2) is 26.3 Å². The molecule has 0 fully saturated rings. The van der Waals surface area contributed by atoms with E-state index in [1.165, 1.54) is 6.07 Å². The number of rotatable bonds is 3. The molecular formula is C25H20Cl2N4O. The van der Waals surface area contributed by atoms with Crippen LogP contribution in [0.2, 0.25) is 10.0 Å². The molecule has 1 aliphatic heterocycles. The zero-order valence-corrected chi connectivity index (χ0v) is 19.1. The van der Waals surface area contributed by atoms with Crippen molar-refractivity contribution < 1.29 is 5.11 Å². The largest absolute Gasteiger partial charge is 0.506 e. The van der Waals surface area contributed by atoms with E-state index in [1.54, 1.807) is 6.07 Å². The molecule has 0 saturated carbocycles. The first-order valence-electron chi connectivity index (χ1n) is 10.3. The third-order valence-electron chi connectivity index (χ3n) is 5.44. The lowest BCUT2D eigenvalue weighted by Gasteiger charge is -2.10. The second kappa shape index (κ2) is 8.08. The Morgan fingerprint density at radius 2 is 1.56 bits per heavy atom. The molecule has 0 saturated heterocycles. The SMILES string of the molecule is CC(C)n1nc(C2=Nc3ccccc3N=C(c3cc(Cl)cc(Cl)c3O)C2)c2ccccc21. The van der Waals surface area contributed by atoms with Crippen LogP contribution in [0, 0.1) is 0 Å². The summed E-state index contributed by atoms with van der Waals surface area (Å²) < 4.78 is 2.01. The summed E-state index contributed by atoms with van der Waals surface area (Å²) in [5.74, 6) is -0.0499. The van der Waals surface area contributed by atoms with Crippen LogP contribution in [-0.2, 0) is 0 Å². The molecule has 0 amide bonds. The summed E-state index contributed by atoms with van der Waals surface area (Å²) in [5.41, 5.74) is 5.17. The third-order valence-corrected chi connectivity index (χ3v) is 5.95. The van der Waals surface area contributed by atoms with E-state index in [1.807, 2.05) is 41.1 Å². The highest BCUT2D eigenvalue weighted by molar-refractivity contribution is 6.37. The second-order valence-electron chi connectivity index (χ2n) is 7.97. The van der Waals surface area contributed by atoms with E-state index in [0.29, 0.717) is 28.4 Å². The van der Waals surface area contributed by atoms with Gasteiger partial charge in [-0.1, -0.05) is 53.5 Å². The Kier molecular flexibility index (Phi) is 5.24. The summed E-state index contributed by atoms with van der Waals surface area (Å²) in [6, 6.07) is 19.2. The number of aliphatic imine (C=N–C) groups is 2. The molecule has 160 valence electrons. The van der Waals surface area contributed by atoms with Gasteiger partial charge in [0.15, 0.2) is 0 Å². The zero-order valence-electron chi connectivity index (χ0n) is 17.5. The van der Waals surface area contributed by atoms with Crippen molar-refractivity contribution in [3.63, 3.8) is 0 Å². The lowest BCUT2D eigenvalue weighted by Crippen LogP contribution is -2.12. The maximum Gasteiger partial charge on any atom is 0.143 e. The summed E-state index contributed by atoms with van der Waals surface area (Å²) in [6.45, 7) is 4.21. The van der Waals surface area contributed by atoms with E-state index in [2.05, 4.69) is 26.0 Å². The number of phenols is 1. The molecule has 32 heavy (non-hydrogen) atoms. The van der Waals surface area contributed by atoms with Crippen LogP contribution in [0.5, 0.6) is 5.75 Å². The van der Waals surface area contributed by atoms with Gasteiger partial charge in [0.25, 0.3) is 0 Å². The Balaban J connectivity index is 1.75. The van der Waals surface area contributed by atoms with Crippen molar-refractivity contribution in [1.29, 1.82) is 0 Å². The standard InChI is InChI=1S/C25H20Cl2N4O/c1-14(2)31-23-10-6-3-7-16(23)24(30-31)22-13-21(17-11-15(26)12-18(27)25(17)32)28-19-8-4-5-9-20(19)29-22/h3-12,14,32H,13H2,1-2H3. The summed E-state index contributed by atoms with van der Waals surface area (Å²) in [6.07, 6.45) is 0.359. The summed E-state index contributed by atoms with van der Waals surface area (Å²) in [4.78, 5) is 9.80. The highest BCUT2D eigenvalue weighted by Crippen LogP contribution is 2.37. The number of fused-ring (bicyclic) bond motifs is 2. The number of para-hydroxylation sites is 3. The summed E-state index contributed by atoms with van der Waals surface area (Å²) >= 11 is 12.5. The van der Waals surface area contributed by atoms with Crippen LogP contribution >= 0.6 is 23.2 Å². The molecule has 0 atom stereocenters. The number of benzene rings is 3. The number of halogens is 2. The fraction of sp³-hybridized carbons (Fsp3) is 0.160. The predicted octanol–water partition coefficient (Wildman–Crippen LogP) is 7.27. The number of phenolic OH excluding ortho intramolecular Hbond substituents is 1. The Bertz CT molecular complexity index is 1420. The van der Waals surface area contributed by atoms with Gasteiger partial charge in [0.1, 0.15) is 11.4 Å². The van der Waals surface area contributed by atoms with E-state index in [-0.39, 0.29) is 16.8 Å². The lowest BCUT2D eigenvalue weighted by atomic mass is 10.0. The van der Waals surface area contributed by atoms with E-state index >= 15 is 0 Å². The molecule has 0 spiro atoms. The molecule has 3 aromatic carbocycles. The fourth-order valence-electron chi connectivity index (χ4n) is 3.96. The van der Waals surface area contributed by atoms with E-state index in [0.717, 1.165) is 28.0 Å². The van der Waals surface area contributed by atoms with Crippen molar-refractivity contribution in [2.75, 3.05) is 0 Å². The zero-order chi connectivity index (χ0) is 22.4. The molecule has 0 bridgehead atoms. The van der Waals surface area contributed by atoms with Crippen LogP contribution in [0.4, 0.5) is 11.4 Å². The summed E-state index contributed by atoms with van der Waals surface area (Å²) in [7, 11) is 0. The van der Waals surface area contributed by atoms with E-state index in [4.69, 9.17) is 38.3 Å². The van der Waals surface area contributed by atoms with Gasteiger partial charge in [-0.2, -0.15) is 5.10 Å². The molecular weight excluding hydrogens is 443 g/mol. The molecule has 0 unspecified atom stereocenters. The van der Waals surface area contributed by atoms with Crippen molar-refractivity contribution in [3.8, 4) is 5.75 Å². The van der Waals surface area contributed by atoms with E-state index in [9.17, 15) is 5.11 Å². The second-order valence-corrected chi connectivity index (χ2v) is 8.81. The molecule has 1 aliphatic rings. The Morgan fingerprint density at radius 1 is 0.906 bits per heavy atom. The van der Waals surface area contributed by atoms with Crippen LogP contribution < -0.4 is 0 Å². The van der Waals surface area contributed by atoms with Crippen LogP contribution in [0.3, 0.4) is 0 Å². The third kappa shape index (κ3) is 3.57. The first-order chi connectivity index (χ1) is 15.4. The average molecular weight is 463 g/mol. The van der Waals surface area contributed by atoms with Gasteiger partial charge < -0.3 is 5.11 Å². The minimum atomic E-state index is -0.0499. The van der Waals surface area contributed by atoms with Gasteiger partial charge >= 0.3 is 0 Å². The molecule has 1 N–H and O–H groups in total. The monoisotopic (exact) mass is 462 g/mol. The number of aromatic hydroxyl groups is 1. The lowest BCUT2D eigenvalue weighted by molar-refractivity contribution is 0.474. The molecule has 4 aromatic rings. The molecule has 0 radical (unpaired) electrons. The van der Waals surface area contributed by atoms with Crippen molar-refractivity contribution in [3.05, 3.63) is 82.0 Å². The predicted molar refractivity (Wildman–Crippen MR) is 132 cm³/mol. The van der Waals surface area contributed by atoms with Gasteiger partial charge in [-0.3, -0.25) is 9.67 Å². The van der Waals surface area contributed by atoms with Crippen molar-refractivity contribution in [1.82, 2.24) is 9.78 Å². The molecule has 1 aromatic heterocycles. The highest BCUT2D eigenvalue weighted by atomic mass is 35.5. The average Bonchev–Trinajstić information content (AvgIpc) is 3.05. The molecule has 7 heteroatoms. The quantitative estimate of drug-likeness (QED) is 0.347. The fourth-order valence-corrected chi connectivity index (χ4v) is 4.45. The van der Waals surface area contributed by atoms with Gasteiger partial charge in [0, 0.05) is 28.4 Å². The molecule has 5 rings (SSSR count). The normalized spacial score (nSPS) is 13.7. The molecule has 0 aliphatic carbocycles. The maximum absolute atomic E-state index is 10.7. The number of nitrogens with zero attached hydrogens (tertiary/aromatic N) is 4. The summed E-state index contributed by atoms with van der Waals surface area (Å²) in [5, 5.41) is 17.2. The van der Waals surface area contributed by atoms with Crippen molar-refractivity contribution in [2.24, 2.45) is 9.98 Å². The van der Waals surface area contributed by atoms with Gasteiger partial charge in [0.05, 0.1) is 33.3 Å².